The summed E-state index contributed by atoms with van der Waals surface area (Å²) in [6, 6.07) is 13.5. The molecule has 7 nitrogen and oxygen atoms in total. The number of H-pyrrole nitrogens is 1. The van der Waals surface area contributed by atoms with Crippen molar-refractivity contribution in [1.29, 1.82) is 0 Å². The van der Waals surface area contributed by atoms with Gasteiger partial charge >= 0.3 is 0 Å². The number of carbonyl (C=O) groups excluding carboxylic acids is 1. The van der Waals surface area contributed by atoms with Crippen molar-refractivity contribution in [3.05, 3.63) is 53.9 Å². The summed E-state index contributed by atoms with van der Waals surface area (Å²) in [5.74, 6) is 1.48. The van der Waals surface area contributed by atoms with Gasteiger partial charge in [-0.3, -0.25) is 9.69 Å². The molecule has 1 aromatic heterocycles. The van der Waals surface area contributed by atoms with E-state index in [2.05, 4.69) is 27.1 Å². The molecule has 0 spiro atoms. The van der Waals surface area contributed by atoms with E-state index < -0.39 is 0 Å². The van der Waals surface area contributed by atoms with Crippen LogP contribution in [0.15, 0.2) is 42.5 Å². The van der Waals surface area contributed by atoms with Crippen LogP contribution >= 0.6 is 0 Å². The zero-order chi connectivity index (χ0) is 20.1. The van der Waals surface area contributed by atoms with E-state index in [9.17, 15) is 4.79 Å². The van der Waals surface area contributed by atoms with Crippen LogP contribution in [0.5, 0.6) is 5.75 Å². The lowest BCUT2D eigenvalue weighted by molar-refractivity contribution is -0.118. The second-order valence-corrected chi connectivity index (χ2v) is 7.10. The summed E-state index contributed by atoms with van der Waals surface area (Å²) in [6.45, 7) is 6.17. The first-order valence-electron chi connectivity index (χ1n) is 10.0. The molecule has 1 saturated heterocycles. The van der Waals surface area contributed by atoms with Crippen LogP contribution in [0, 0.1) is 0 Å². The Kier molecular flexibility index (Phi) is 6.07. The van der Waals surface area contributed by atoms with Crippen LogP contribution in [0.2, 0.25) is 0 Å². The molecule has 7 heteroatoms. The molecule has 1 fully saturated rings. The summed E-state index contributed by atoms with van der Waals surface area (Å²) in [5, 5.41) is 2.89. The molecule has 2 heterocycles. The number of fused-ring (bicyclic) bond motifs is 1. The van der Waals surface area contributed by atoms with Crippen molar-refractivity contribution < 1.29 is 14.3 Å². The van der Waals surface area contributed by atoms with E-state index in [1.807, 2.05) is 42.5 Å². The molecule has 2 aromatic carbocycles. The topological polar surface area (TPSA) is 79.5 Å². The minimum Gasteiger partial charge on any atom is -0.483 e. The van der Waals surface area contributed by atoms with E-state index >= 15 is 0 Å². The summed E-state index contributed by atoms with van der Waals surface area (Å²) in [7, 11) is 0. The van der Waals surface area contributed by atoms with Crippen molar-refractivity contribution >= 4 is 22.6 Å². The zero-order valence-corrected chi connectivity index (χ0v) is 16.6. The Bertz CT molecular complexity index is 979. The summed E-state index contributed by atoms with van der Waals surface area (Å²) in [6.07, 6.45) is 0.862. The number of para-hydroxylation sites is 1. The van der Waals surface area contributed by atoms with Gasteiger partial charge < -0.3 is 19.8 Å². The normalized spacial score (nSPS) is 14.8. The highest BCUT2D eigenvalue weighted by atomic mass is 16.5. The van der Waals surface area contributed by atoms with Crippen molar-refractivity contribution in [3.8, 4) is 5.75 Å². The van der Waals surface area contributed by atoms with Crippen LogP contribution < -0.4 is 10.1 Å². The smallest absolute Gasteiger partial charge is 0.262 e. The molecule has 0 unspecified atom stereocenters. The van der Waals surface area contributed by atoms with Gasteiger partial charge in [0.15, 0.2) is 6.61 Å². The Morgan fingerprint density at radius 2 is 2.07 bits per heavy atom. The Hall–Kier alpha value is -2.90. The zero-order valence-electron chi connectivity index (χ0n) is 16.6. The van der Waals surface area contributed by atoms with Gasteiger partial charge in [-0.2, -0.15) is 0 Å². The van der Waals surface area contributed by atoms with Crippen molar-refractivity contribution in [2.24, 2.45) is 0 Å². The lowest BCUT2D eigenvalue weighted by atomic mass is 10.1. The Balaban J connectivity index is 1.36. The molecule has 0 aliphatic carbocycles. The van der Waals surface area contributed by atoms with Crippen molar-refractivity contribution in [1.82, 2.24) is 14.9 Å². The molecule has 0 saturated carbocycles. The number of aromatic amines is 1. The quantitative estimate of drug-likeness (QED) is 0.644. The molecule has 0 radical (unpaired) electrons. The van der Waals surface area contributed by atoms with Gasteiger partial charge in [-0.1, -0.05) is 25.1 Å². The number of anilines is 1. The number of hydrogen-bond acceptors (Lipinski definition) is 5. The number of rotatable bonds is 7. The maximum Gasteiger partial charge on any atom is 0.262 e. The van der Waals surface area contributed by atoms with Crippen LogP contribution in [0.1, 0.15) is 18.3 Å². The summed E-state index contributed by atoms with van der Waals surface area (Å²) >= 11 is 0. The van der Waals surface area contributed by atoms with E-state index in [0.29, 0.717) is 0 Å². The van der Waals surface area contributed by atoms with Gasteiger partial charge in [0.05, 0.1) is 30.8 Å². The first-order valence-corrected chi connectivity index (χ1v) is 10.0. The first kappa shape index (κ1) is 19.4. The second-order valence-electron chi connectivity index (χ2n) is 7.10. The molecule has 3 aromatic rings. The van der Waals surface area contributed by atoms with Crippen LogP contribution in [0.4, 0.5) is 5.69 Å². The van der Waals surface area contributed by atoms with Crippen LogP contribution in [0.3, 0.4) is 0 Å². The second kappa shape index (κ2) is 9.07. The standard InChI is InChI=1S/C22H26N4O3/c1-2-16-5-3-4-6-20(16)29-15-22(27)23-17-7-8-18-19(13-17)25-21(24-18)14-26-9-11-28-12-10-26/h3-8,13H,2,9-12,14-15H2,1H3,(H,23,27)(H,24,25). The van der Waals surface area contributed by atoms with Crippen LogP contribution in [0.25, 0.3) is 11.0 Å². The number of nitrogens with one attached hydrogen (secondary N) is 2. The Morgan fingerprint density at radius 1 is 1.24 bits per heavy atom. The predicted octanol–water partition coefficient (Wildman–Crippen LogP) is 2.98. The number of aromatic nitrogens is 2. The number of benzene rings is 2. The average Bonchev–Trinajstić information content (AvgIpc) is 3.14. The van der Waals surface area contributed by atoms with Gasteiger partial charge in [0.25, 0.3) is 5.91 Å². The van der Waals surface area contributed by atoms with Crippen molar-refractivity contribution in [3.63, 3.8) is 0 Å². The SMILES string of the molecule is CCc1ccccc1OCC(=O)Nc1ccc2nc(CN3CCOCC3)[nH]c2c1. The van der Waals surface area contributed by atoms with Crippen molar-refractivity contribution in [2.75, 3.05) is 38.2 Å². The van der Waals surface area contributed by atoms with E-state index in [4.69, 9.17) is 9.47 Å². The van der Waals surface area contributed by atoms with Crippen LogP contribution in [-0.4, -0.2) is 53.7 Å². The monoisotopic (exact) mass is 394 g/mol. The van der Waals surface area contributed by atoms with E-state index in [1.165, 1.54) is 0 Å². The molecular formula is C22H26N4O3. The molecule has 152 valence electrons. The molecule has 0 atom stereocenters. The highest BCUT2D eigenvalue weighted by Gasteiger charge is 2.13. The number of hydrogen-bond donors (Lipinski definition) is 2. The number of imidazole rings is 1. The predicted molar refractivity (Wildman–Crippen MR) is 112 cm³/mol. The fourth-order valence-electron chi connectivity index (χ4n) is 3.46. The molecule has 1 aliphatic rings. The summed E-state index contributed by atoms with van der Waals surface area (Å²) in [4.78, 5) is 22.6. The van der Waals surface area contributed by atoms with E-state index in [-0.39, 0.29) is 12.5 Å². The third-order valence-electron chi connectivity index (χ3n) is 5.00. The van der Waals surface area contributed by atoms with E-state index in [1.54, 1.807) is 0 Å². The largest absolute Gasteiger partial charge is 0.483 e. The average molecular weight is 394 g/mol. The van der Waals surface area contributed by atoms with Gasteiger partial charge in [-0.05, 0) is 36.2 Å². The third kappa shape index (κ3) is 4.93. The lowest BCUT2D eigenvalue weighted by Gasteiger charge is -2.25. The van der Waals surface area contributed by atoms with Crippen molar-refractivity contribution in [2.45, 2.75) is 19.9 Å². The minimum atomic E-state index is -0.191. The molecule has 29 heavy (non-hydrogen) atoms. The molecule has 2 N–H and O–H groups in total. The molecule has 1 aliphatic heterocycles. The number of morpholine rings is 1. The van der Waals surface area contributed by atoms with Gasteiger partial charge in [-0.25, -0.2) is 4.98 Å². The number of amides is 1. The first-order chi connectivity index (χ1) is 14.2. The highest BCUT2D eigenvalue weighted by Crippen LogP contribution is 2.20. The highest BCUT2D eigenvalue weighted by molar-refractivity contribution is 5.94. The minimum absolute atomic E-state index is 0.0275. The fourth-order valence-corrected chi connectivity index (χ4v) is 3.46. The lowest BCUT2D eigenvalue weighted by Crippen LogP contribution is -2.35. The van der Waals surface area contributed by atoms with Gasteiger partial charge in [-0.15, -0.1) is 0 Å². The number of ether oxygens (including phenoxy) is 2. The maximum atomic E-state index is 12.3. The molecule has 4 rings (SSSR count). The van der Waals surface area contributed by atoms with Crippen LogP contribution in [-0.2, 0) is 22.5 Å². The summed E-state index contributed by atoms with van der Waals surface area (Å²) in [5.41, 5.74) is 3.60. The third-order valence-corrected chi connectivity index (χ3v) is 5.00. The fraction of sp³-hybridized carbons (Fsp3) is 0.364. The Morgan fingerprint density at radius 3 is 2.90 bits per heavy atom. The number of nitrogens with zero attached hydrogens (tertiary/aromatic N) is 2. The molecule has 0 bridgehead atoms. The molecular weight excluding hydrogens is 368 g/mol. The Labute approximate surface area is 170 Å². The number of aryl methyl sites for hydroxylation is 1. The summed E-state index contributed by atoms with van der Waals surface area (Å²) < 4.78 is 11.1. The van der Waals surface area contributed by atoms with Gasteiger partial charge in [0.1, 0.15) is 11.6 Å². The van der Waals surface area contributed by atoms with Gasteiger partial charge in [0.2, 0.25) is 0 Å². The number of carbonyl (C=O) groups is 1. The van der Waals surface area contributed by atoms with Gasteiger partial charge in [0, 0.05) is 18.8 Å². The van der Waals surface area contributed by atoms with E-state index in [0.717, 1.165) is 73.1 Å². The molecule has 1 amide bonds. The maximum absolute atomic E-state index is 12.3.